The minimum Gasteiger partial charge on any atom is -0.396 e. The number of rotatable bonds is 4. The Hall–Kier alpha value is -1.65. The Bertz CT molecular complexity index is 594. The third-order valence-corrected chi connectivity index (χ3v) is 4.82. The molecule has 2 N–H and O–H groups in total. The molecule has 0 bridgehead atoms. The summed E-state index contributed by atoms with van der Waals surface area (Å²) in [5.41, 5.74) is 3.21. The molecule has 0 unspecified atom stereocenters. The number of aryl methyl sites for hydroxylation is 2. The largest absolute Gasteiger partial charge is 0.396 e. The maximum atomic E-state index is 12.2. The van der Waals surface area contributed by atoms with Gasteiger partial charge in [0.05, 0.1) is 4.88 Å². The first kappa shape index (κ1) is 13.3. The van der Waals surface area contributed by atoms with E-state index in [-0.39, 0.29) is 12.5 Å². The van der Waals surface area contributed by atoms with Gasteiger partial charge < -0.3 is 10.4 Å². The van der Waals surface area contributed by atoms with Gasteiger partial charge in [0, 0.05) is 17.2 Å². The highest BCUT2D eigenvalue weighted by atomic mass is 32.1. The van der Waals surface area contributed by atoms with Crippen LogP contribution in [0.15, 0.2) is 30.3 Å². The van der Waals surface area contributed by atoms with Crippen LogP contribution in [0.5, 0.6) is 0 Å². The Kier molecular flexibility index (Phi) is 3.85. The van der Waals surface area contributed by atoms with E-state index in [1.807, 2.05) is 30.3 Å². The number of nitrogens with one attached hydrogen (secondary N) is 1. The van der Waals surface area contributed by atoms with Crippen molar-refractivity contribution in [3.8, 4) is 0 Å². The van der Waals surface area contributed by atoms with Crippen LogP contribution < -0.4 is 5.32 Å². The maximum Gasteiger partial charge on any atom is 0.265 e. The lowest BCUT2D eigenvalue weighted by atomic mass is 10.1. The molecule has 1 aliphatic carbocycles. The van der Waals surface area contributed by atoms with E-state index >= 15 is 0 Å². The van der Waals surface area contributed by atoms with Crippen LogP contribution in [0.2, 0.25) is 0 Å². The molecule has 104 valence electrons. The van der Waals surface area contributed by atoms with Crippen molar-refractivity contribution in [2.45, 2.75) is 25.7 Å². The molecule has 0 atom stereocenters. The predicted octanol–water partition coefficient (Wildman–Crippen LogP) is 3.02. The standard InChI is InChI=1S/C16H17NO2S/c18-9-8-11-4-6-13(7-5-11)17-16(19)15-10-12-2-1-3-14(12)20-15/h4-7,10,18H,1-3,8-9H2,(H,17,19). The van der Waals surface area contributed by atoms with Crippen molar-refractivity contribution in [3.63, 3.8) is 0 Å². The zero-order chi connectivity index (χ0) is 13.9. The summed E-state index contributed by atoms with van der Waals surface area (Å²) in [6.07, 6.45) is 4.08. The number of anilines is 1. The van der Waals surface area contributed by atoms with E-state index in [2.05, 4.69) is 5.32 Å². The summed E-state index contributed by atoms with van der Waals surface area (Å²) in [5, 5.41) is 11.8. The fourth-order valence-electron chi connectivity index (χ4n) is 2.52. The van der Waals surface area contributed by atoms with Crippen molar-refractivity contribution in [3.05, 3.63) is 51.2 Å². The lowest BCUT2D eigenvalue weighted by Crippen LogP contribution is -2.10. The molecule has 0 spiro atoms. The molecule has 2 aromatic rings. The van der Waals surface area contributed by atoms with Crippen LogP contribution >= 0.6 is 11.3 Å². The monoisotopic (exact) mass is 287 g/mol. The van der Waals surface area contributed by atoms with Crippen LogP contribution in [0.3, 0.4) is 0 Å². The highest BCUT2D eigenvalue weighted by molar-refractivity contribution is 7.14. The minimum absolute atomic E-state index is 0.0284. The predicted molar refractivity (Wildman–Crippen MR) is 81.5 cm³/mol. The van der Waals surface area contributed by atoms with E-state index < -0.39 is 0 Å². The molecule has 0 radical (unpaired) electrons. The van der Waals surface area contributed by atoms with Crippen molar-refractivity contribution >= 4 is 22.9 Å². The van der Waals surface area contributed by atoms with Crippen molar-refractivity contribution in [2.24, 2.45) is 0 Å². The zero-order valence-corrected chi connectivity index (χ0v) is 12.0. The van der Waals surface area contributed by atoms with Crippen LogP contribution in [0.1, 0.15) is 32.1 Å². The highest BCUT2D eigenvalue weighted by Crippen LogP contribution is 2.30. The Labute approximate surface area is 122 Å². The number of hydrogen-bond donors (Lipinski definition) is 2. The van der Waals surface area contributed by atoms with E-state index in [1.165, 1.54) is 16.9 Å². The molecule has 20 heavy (non-hydrogen) atoms. The summed E-state index contributed by atoms with van der Waals surface area (Å²) >= 11 is 1.62. The van der Waals surface area contributed by atoms with Gasteiger partial charge >= 0.3 is 0 Å². The number of aliphatic hydroxyl groups is 1. The van der Waals surface area contributed by atoms with Gasteiger partial charge in [0.1, 0.15) is 0 Å². The molecule has 3 nitrogen and oxygen atoms in total. The molecule has 0 saturated carbocycles. The molecule has 3 rings (SSSR count). The number of thiophene rings is 1. The van der Waals surface area contributed by atoms with Gasteiger partial charge in [0.25, 0.3) is 5.91 Å². The molecule has 0 fully saturated rings. The number of benzene rings is 1. The Balaban J connectivity index is 1.68. The Morgan fingerprint density at radius 3 is 2.75 bits per heavy atom. The third-order valence-electron chi connectivity index (χ3n) is 3.58. The number of hydrogen-bond acceptors (Lipinski definition) is 3. The quantitative estimate of drug-likeness (QED) is 0.908. The maximum absolute atomic E-state index is 12.2. The Morgan fingerprint density at radius 1 is 1.25 bits per heavy atom. The lowest BCUT2D eigenvalue weighted by molar-refractivity contribution is 0.103. The summed E-state index contributed by atoms with van der Waals surface area (Å²) in [5.74, 6) is -0.0284. The normalized spacial score (nSPS) is 13.2. The van der Waals surface area contributed by atoms with Gasteiger partial charge in [0.2, 0.25) is 0 Å². The SMILES string of the molecule is O=C(Nc1ccc(CCO)cc1)c1cc2c(s1)CCC2. The number of fused-ring (bicyclic) bond motifs is 1. The first-order valence-electron chi connectivity index (χ1n) is 6.89. The number of carbonyl (C=O) groups excluding carboxylic acids is 1. The topological polar surface area (TPSA) is 49.3 Å². The summed E-state index contributed by atoms with van der Waals surface area (Å²) in [7, 11) is 0. The molecule has 1 amide bonds. The van der Waals surface area contributed by atoms with Crippen molar-refractivity contribution in [1.82, 2.24) is 0 Å². The summed E-state index contributed by atoms with van der Waals surface area (Å²) in [6, 6.07) is 9.65. The average Bonchev–Trinajstić information content (AvgIpc) is 3.02. The van der Waals surface area contributed by atoms with Crippen LogP contribution in [0, 0.1) is 0 Å². The molecule has 1 aromatic heterocycles. The van der Waals surface area contributed by atoms with Crippen LogP contribution in [0.25, 0.3) is 0 Å². The molecular formula is C16H17NO2S. The Morgan fingerprint density at radius 2 is 2.05 bits per heavy atom. The molecule has 1 aromatic carbocycles. The number of aliphatic hydroxyl groups excluding tert-OH is 1. The van der Waals surface area contributed by atoms with Gasteiger partial charge in [0.15, 0.2) is 0 Å². The van der Waals surface area contributed by atoms with E-state index in [1.54, 1.807) is 11.3 Å². The van der Waals surface area contributed by atoms with Gasteiger partial charge in [-0.15, -0.1) is 11.3 Å². The highest BCUT2D eigenvalue weighted by Gasteiger charge is 2.18. The van der Waals surface area contributed by atoms with Gasteiger partial charge in [-0.3, -0.25) is 4.79 Å². The lowest BCUT2D eigenvalue weighted by Gasteiger charge is -2.05. The zero-order valence-electron chi connectivity index (χ0n) is 11.2. The number of amides is 1. The average molecular weight is 287 g/mol. The van der Waals surface area contributed by atoms with E-state index in [0.717, 1.165) is 29.0 Å². The van der Waals surface area contributed by atoms with E-state index in [0.29, 0.717) is 6.42 Å². The van der Waals surface area contributed by atoms with E-state index in [4.69, 9.17) is 5.11 Å². The van der Waals surface area contributed by atoms with Gasteiger partial charge in [-0.1, -0.05) is 12.1 Å². The van der Waals surface area contributed by atoms with Crippen LogP contribution in [-0.4, -0.2) is 17.6 Å². The van der Waals surface area contributed by atoms with Gasteiger partial charge in [-0.2, -0.15) is 0 Å². The molecular weight excluding hydrogens is 270 g/mol. The summed E-state index contributed by atoms with van der Waals surface area (Å²) in [4.78, 5) is 14.4. The minimum atomic E-state index is -0.0284. The molecule has 0 saturated heterocycles. The van der Waals surface area contributed by atoms with Crippen molar-refractivity contribution < 1.29 is 9.90 Å². The third kappa shape index (κ3) is 2.76. The van der Waals surface area contributed by atoms with E-state index in [9.17, 15) is 4.79 Å². The summed E-state index contributed by atoms with van der Waals surface area (Å²) < 4.78 is 0. The second-order valence-electron chi connectivity index (χ2n) is 5.04. The fraction of sp³-hybridized carbons (Fsp3) is 0.312. The second kappa shape index (κ2) is 5.77. The second-order valence-corrected chi connectivity index (χ2v) is 6.17. The summed E-state index contributed by atoms with van der Waals surface area (Å²) in [6.45, 7) is 0.145. The van der Waals surface area contributed by atoms with Crippen LogP contribution in [0.4, 0.5) is 5.69 Å². The molecule has 0 aliphatic heterocycles. The molecule has 1 heterocycles. The number of carbonyl (C=O) groups is 1. The van der Waals surface area contributed by atoms with Crippen LogP contribution in [-0.2, 0) is 19.3 Å². The van der Waals surface area contributed by atoms with Crippen molar-refractivity contribution in [2.75, 3.05) is 11.9 Å². The first-order valence-corrected chi connectivity index (χ1v) is 7.70. The molecule has 1 aliphatic rings. The van der Waals surface area contributed by atoms with Gasteiger partial charge in [-0.05, 0) is 55.0 Å². The first-order chi connectivity index (χ1) is 9.76. The van der Waals surface area contributed by atoms with Gasteiger partial charge in [-0.25, -0.2) is 0 Å². The fourth-order valence-corrected chi connectivity index (χ4v) is 3.67. The van der Waals surface area contributed by atoms with Crippen molar-refractivity contribution in [1.29, 1.82) is 0 Å². The molecule has 4 heteroatoms. The smallest absolute Gasteiger partial charge is 0.265 e.